The molecule has 0 aliphatic rings. The molecule has 0 aliphatic carbocycles. The number of rotatable bonds is 8. The van der Waals surface area contributed by atoms with Crippen LogP contribution in [0.3, 0.4) is 0 Å². The van der Waals surface area contributed by atoms with Gasteiger partial charge in [-0.15, -0.1) is 10.2 Å². The average molecular weight is 374 g/mol. The van der Waals surface area contributed by atoms with Crippen molar-refractivity contribution in [2.45, 2.75) is 40.3 Å². The molecule has 0 radical (unpaired) electrons. The monoisotopic (exact) mass is 374 g/mol. The largest absolute Gasteiger partial charge is 0.490 e. The van der Waals surface area contributed by atoms with Crippen LogP contribution in [-0.4, -0.2) is 41.0 Å². The molecule has 148 valence electrons. The predicted octanol–water partition coefficient (Wildman–Crippen LogP) is 2.35. The van der Waals surface area contributed by atoms with E-state index in [9.17, 15) is 0 Å². The van der Waals surface area contributed by atoms with E-state index in [1.54, 1.807) is 7.05 Å². The lowest BCUT2D eigenvalue weighted by Crippen LogP contribution is -2.38. The summed E-state index contributed by atoms with van der Waals surface area (Å²) in [6, 6.07) is 6.02. The molecular formula is C19H30N6O2. The lowest BCUT2D eigenvalue weighted by molar-refractivity contribution is 0.287. The first-order chi connectivity index (χ1) is 13.0. The zero-order valence-electron chi connectivity index (χ0n) is 17.0. The van der Waals surface area contributed by atoms with Crippen LogP contribution in [0.1, 0.15) is 44.0 Å². The van der Waals surface area contributed by atoms with Gasteiger partial charge < -0.3 is 24.7 Å². The second-order valence-corrected chi connectivity index (χ2v) is 6.09. The summed E-state index contributed by atoms with van der Waals surface area (Å²) in [7, 11) is 3.69. The van der Waals surface area contributed by atoms with Crippen LogP contribution in [0, 0.1) is 6.92 Å². The molecule has 0 amide bonds. The number of ether oxygens (including phenoxy) is 2. The van der Waals surface area contributed by atoms with Crippen molar-refractivity contribution in [2.24, 2.45) is 12.0 Å². The molecule has 27 heavy (non-hydrogen) atoms. The van der Waals surface area contributed by atoms with Gasteiger partial charge in [-0.2, -0.15) is 0 Å². The quantitative estimate of drug-likeness (QED) is 0.545. The summed E-state index contributed by atoms with van der Waals surface area (Å²) < 4.78 is 13.3. The van der Waals surface area contributed by atoms with E-state index in [4.69, 9.17) is 9.47 Å². The Balaban J connectivity index is 2.04. The Morgan fingerprint density at radius 1 is 1.19 bits per heavy atom. The molecule has 0 spiro atoms. The molecule has 1 aromatic heterocycles. The van der Waals surface area contributed by atoms with Crippen molar-refractivity contribution in [3.8, 4) is 11.5 Å². The zero-order chi connectivity index (χ0) is 19.8. The van der Waals surface area contributed by atoms with Gasteiger partial charge in [0.2, 0.25) is 0 Å². The van der Waals surface area contributed by atoms with Gasteiger partial charge in [0.05, 0.1) is 25.8 Å². The molecule has 1 unspecified atom stereocenters. The molecule has 8 nitrogen and oxygen atoms in total. The van der Waals surface area contributed by atoms with E-state index in [1.807, 2.05) is 50.6 Å². The van der Waals surface area contributed by atoms with E-state index in [0.717, 1.165) is 28.7 Å². The summed E-state index contributed by atoms with van der Waals surface area (Å²) in [5.41, 5.74) is 1.08. The van der Waals surface area contributed by atoms with Gasteiger partial charge in [0.1, 0.15) is 5.82 Å². The van der Waals surface area contributed by atoms with Crippen molar-refractivity contribution in [2.75, 3.05) is 20.3 Å². The van der Waals surface area contributed by atoms with Crippen LogP contribution in [0.15, 0.2) is 23.2 Å². The predicted molar refractivity (Wildman–Crippen MR) is 106 cm³/mol. The first kappa shape index (κ1) is 20.5. The Morgan fingerprint density at radius 3 is 2.48 bits per heavy atom. The van der Waals surface area contributed by atoms with Gasteiger partial charge >= 0.3 is 0 Å². The van der Waals surface area contributed by atoms with Gasteiger partial charge in [-0.1, -0.05) is 6.07 Å². The van der Waals surface area contributed by atoms with Crippen molar-refractivity contribution in [1.82, 2.24) is 25.4 Å². The molecule has 0 saturated heterocycles. The third-order valence-corrected chi connectivity index (χ3v) is 4.24. The van der Waals surface area contributed by atoms with Crippen molar-refractivity contribution in [3.05, 3.63) is 35.4 Å². The van der Waals surface area contributed by atoms with Crippen LogP contribution in [-0.2, 0) is 13.6 Å². The SMILES string of the molecule is CCOc1ccc(C(C)NC(=NC)NCc2nnc(C)n2C)cc1OCC. The Morgan fingerprint density at radius 2 is 1.89 bits per heavy atom. The molecule has 0 aliphatic heterocycles. The number of hydrogen-bond acceptors (Lipinski definition) is 5. The van der Waals surface area contributed by atoms with E-state index < -0.39 is 0 Å². The summed E-state index contributed by atoms with van der Waals surface area (Å²) in [6.07, 6.45) is 0. The number of hydrogen-bond donors (Lipinski definition) is 2. The highest BCUT2D eigenvalue weighted by Gasteiger charge is 2.13. The van der Waals surface area contributed by atoms with Crippen molar-refractivity contribution in [1.29, 1.82) is 0 Å². The van der Waals surface area contributed by atoms with Gasteiger partial charge in [0, 0.05) is 14.1 Å². The number of nitrogens with one attached hydrogen (secondary N) is 2. The molecule has 2 N–H and O–H groups in total. The molecule has 1 atom stereocenters. The maximum atomic E-state index is 5.72. The van der Waals surface area contributed by atoms with Crippen LogP contribution < -0.4 is 20.1 Å². The minimum atomic E-state index is 0.0346. The van der Waals surface area contributed by atoms with E-state index in [0.29, 0.717) is 25.7 Å². The van der Waals surface area contributed by atoms with Crippen molar-refractivity contribution >= 4 is 5.96 Å². The lowest BCUT2D eigenvalue weighted by atomic mass is 10.1. The fourth-order valence-corrected chi connectivity index (χ4v) is 2.59. The summed E-state index contributed by atoms with van der Waals surface area (Å²) in [5, 5.41) is 14.9. The number of aryl methyl sites for hydroxylation is 1. The van der Waals surface area contributed by atoms with Crippen LogP contribution >= 0.6 is 0 Å². The van der Waals surface area contributed by atoms with Gasteiger partial charge in [-0.05, 0) is 45.4 Å². The third-order valence-electron chi connectivity index (χ3n) is 4.24. The number of aliphatic imine (C=N–C) groups is 1. The summed E-state index contributed by atoms with van der Waals surface area (Å²) in [4.78, 5) is 4.29. The van der Waals surface area contributed by atoms with Crippen LogP contribution in [0.5, 0.6) is 11.5 Å². The highest BCUT2D eigenvalue weighted by atomic mass is 16.5. The number of nitrogens with zero attached hydrogens (tertiary/aromatic N) is 4. The zero-order valence-corrected chi connectivity index (χ0v) is 17.0. The molecule has 2 aromatic rings. The Kier molecular flexibility index (Phi) is 7.45. The third kappa shape index (κ3) is 5.35. The summed E-state index contributed by atoms with van der Waals surface area (Å²) in [6.45, 7) is 9.65. The fraction of sp³-hybridized carbons (Fsp3) is 0.526. The van der Waals surface area contributed by atoms with Gasteiger partial charge in [0.25, 0.3) is 0 Å². The topological polar surface area (TPSA) is 85.6 Å². The number of guanidine groups is 1. The Labute approximate surface area is 161 Å². The molecule has 1 aromatic carbocycles. The van der Waals surface area contributed by atoms with E-state index in [2.05, 4.69) is 32.7 Å². The highest BCUT2D eigenvalue weighted by Crippen LogP contribution is 2.30. The van der Waals surface area contributed by atoms with Crippen LogP contribution in [0.25, 0.3) is 0 Å². The Hall–Kier alpha value is -2.77. The van der Waals surface area contributed by atoms with E-state index in [-0.39, 0.29) is 6.04 Å². The molecule has 1 heterocycles. The molecular weight excluding hydrogens is 344 g/mol. The minimum Gasteiger partial charge on any atom is -0.490 e. The maximum absolute atomic E-state index is 5.72. The van der Waals surface area contributed by atoms with Gasteiger partial charge in [0.15, 0.2) is 23.3 Å². The normalized spacial score (nSPS) is 12.6. The average Bonchev–Trinajstić information content (AvgIpc) is 2.98. The second-order valence-electron chi connectivity index (χ2n) is 6.09. The fourth-order valence-electron chi connectivity index (χ4n) is 2.59. The minimum absolute atomic E-state index is 0.0346. The molecule has 8 heteroatoms. The lowest BCUT2D eigenvalue weighted by Gasteiger charge is -2.20. The summed E-state index contributed by atoms with van der Waals surface area (Å²) in [5.74, 6) is 3.93. The van der Waals surface area contributed by atoms with Crippen LogP contribution in [0.2, 0.25) is 0 Å². The van der Waals surface area contributed by atoms with Gasteiger partial charge in [-0.25, -0.2) is 0 Å². The Bertz CT molecular complexity index is 772. The van der Waals surface area contributed by atoms with E-state index in [1.165, 1.54) is 0 Å². The van der Waals surface area contributed by atoms with Crippen molar-refractivity contribution in [3.63, 3.8) is 0 Å². The first-order valence-corrected chi connectivity index (χ1v) is 9.21. The van der Waals surface area contributed by atoms with Crippen molar-refractivity contribution < 1.29 is 9.47 Å². The second kappa shape index (κ2) is 9.80. The summed E-state index contributed by atoms with van der Waals surface area (Å²) >= 11 is 0. The standard InChI is InChI=1S/C19H30N6O2/c1-7-26-16-10-9-15(11-17(16)27-8-2)13(3)22-19(20-5)21-12-18-24-23-14(4)25(18)6/h9-11,13H,7-8,12H2,1-6H3,(H2,20,21,22). The van der Waals surface area contributed by atoms with E-state index >= 15 is 0 Å². The number of benzene rings is 1. The molecule has 2 rings (SSSR count). The molecule has 0 saturated carbocycles. The maximum Gasteiger partial charge on any atom is 0.191 e. The van der Waals surface area contributed by atoms with Gasteiger partial charge in [-0.3, -0.25) is 4.99 Å². The molecule has 0 bridgehead atoms. The first-order valence-electron chi connectivity index (χ1n) is 9.21. The highest BCUT2D eigenvalue weighted by molar-refractivity contribution is 5.80. The number of aromatic nitrogens is 3. The van der Waals surface area contributed by atoms with Crippen LogP contribution in [0.4, 0.5) is 0 Å². The smallest absolute Gasteiger partial charge is 0.191 e. The molecule has 0 fully saturated rings.